The zero-order valence-corrected chi connectivity index (χ0v) is 22.1. The van der Waals surface area contributed by atoms with Gasteiger partial charge in [0.05, 0.1) is 16.6 Å². The molecule has 0 aliphatic carbocycles. The number of nitrogens with zero attached hydrogens (tertiary/aromatic N) is 4. The summed E-state index contributed by atoms with van der Waals surface area (Å²) in [5.41, 5.74) is 2.34. The number of carbonyl (C=O) groups excluding carboxylic acids is 1. The molecule has 0 N–H and O–H groups in total. The molecule has 0 spiro atoms. The second-order valence-corrected chi connectivity index (χ2v) is 9.17. The molecule has 9 nitrogen and oxygen atoms in total. The zero-order chi connectivity index (χ0) is 27.8. The number of amides is 1. The van der Waals surface area contributed by atoms with Gasteiger partial charge in [-0.1, -0.05) is 29.8 Å². The Morgan fingerprint density at radius 1 is 1.08 bits per heavy atom. The van der Waals surface area contributed by atoms with Gasteiger partial charge in [-0.2, -0.15) is 5.26 Å². The fraction of sp³-hybridized carbons (Fsp3) is 0.241. The standard InChI is InChI=1S/C29H27ClN4O5/c1-2-38-27-18-22(17-26(30)28(27)39-20-21-8-10-25(11-9-21)34(36)37)16-23(19-31)29(35)33-14-12-32(13-15-33)24-6-4-3-5-7-24/h3-11,16-18H,2,12-15,20H2,1H3/b23-16-. The monoisotopic (exact) mass is 546 g/mol. The summed E-state index contributed by atoms with van der Waals surface area (Å²) in [7, 11) is 0. The molecular formula is C29H27ClN4O5. The van der Waals surface area contributed by atoms with Gasteiger partial charge in [-0.25, -0.2) is 0 Å². The summed E-state index contributed by atoms with van der Waals surface area (Å²) in [6.07, 6.45) is 1.50. The Labute approximate surface area is 231 Å². The lowest BCUT2D eigenvalue weighted by Gasteiger charge is -2.36. The molecule has 0 aromatic heterocycles. The maximum Gasteiger partial charge on any atom is 0.269 e. The van der Waals surface area contributed by atoms with E-state index in [-0.39, 0.29) is 28.8 Å². The minimum absolute atomic E-state index is 0.00113. The molecule has 1 amide bonds. The minimum atomic E-state index is -0.466. The van der Waals surface area contributed by atoms with E-state index in [1.807, 2.05) is 43.3 Å². The van der Waals surface area contributed by atoms with Crippen molar-refractivity contribution in [1.82, 2.24) is 4.90 Å². The SMILES string of the molecule is CCOc1cc(/C=C(/C#N)C(=O)N2CCN(c3ccccc3)CC2)cc(Cl)c1OCc1ccc([N+](=O)[O-])cc1. The number of carbonyl (C=O) groups is 1. The molecule has 1 saturated heterocycles. The van der Waals surface area contributed by atoms with Gasteiger partial charge in [0.25, 0.3) is 11.6 Å². The van der Waals surface area contributed by atoms with Gasteiger partial charge in [-0.05, 0) is 60.5 Å². The van der Waals surface area contributed by atoms with E-state index >= 15 is 0 Å². The van der Waals surface area contributed by atoms with Crippen LogP contribution in [0, 0.1) is 21.4 Å². The number of nitro groups is 1. The molecule has 1 heterocycles. The third kappa shape index (κ3) is 6.86. The molecule has 0 unspecified atom stereocenters. The lowest BCUT2D eigenvalue weighted by Crippen LogP contribution is -2.49. The van der Waals surface area contributed by atoms with Crippen molar-refractivity contribution in [2.45, 2.75) is 13.5 Å². The van der Waals surface area contributed by atoms with Crippen molar-refractivity contribution < 1.29 is 19.2 Å². The Bertz CT molecular complexity index is 1400. The van der Waals surface area contributed by atoms with Crippen LogP contribution in [0.3, 0.4) is 0 Å². The summed E-state index contributed by atoms with van der Waals surface area (Å²) in [4.78, 5) is 27.4. The number of para-hydroxylation sites is 1. The van der Waals surface area contributed by atoms with E-state index in [1.54, 1.807) is 29.2 Å². The Kier molecular flexibility index (Phi) is 9.02. The number of ether oxygens (including phenoxy) is 2. The lowest BCUT2D eigenvalue weighted by atomic mass is 10.1. The Balaban J connectivity index is 1.47. The number of nitriles is 1. The summed E-state index contributed by atoms with van der Waals surface area (Å²) < 4.78 is 11.6. The molecule has 3 aromatic rings. The highest BCUT2D eigenvalue weighted by molar-refractivity contribution is 6.32. The molecule has 39 heavy (non-hydrogen) atoms. The number of halogens is 1. The highest BCUT2D eigenvalue weighted by Crippen LogP contribution is 2.38. The smallest absolute Gasteiger partial charge is 0.269 e. The Morgan fingerprint density at radius 3 is 2.38 bits per heavy atom. The van der Waals surface area contributed by atoms with Gasteiger partial charge >= 0.3 is 0 Å². The number of rotatable bonds is 9. The van der Waals surface area contributed by atoms with E-state index in [4.69, 9.17) is 21.1 Å². The van der Waals surface area contributed by atoms with Crippen molar-refractivity contribution >= 4 is 35.0 Å². The van der Waals surface area contributed by atoms with Gasteiger partial charge in [0.2, 0.25) is 0 Å². The first-order valence-corrected chi connectivity index (χ1v) is 12.8. The summed E-state index contributed by atoms with van der Waals surface area (Å²) in [5.74, 6) is 0.327. The van der Waals surface area contributed by atoms with Crippen LogP contribution in [0.25, 0.3) is 6.08 Å². The fourth-order valence-corrected chi connectivity index (χ4v) is 4.50. The molecule has 4 rings (SSSR count). The Hall–Kier alpha value is -4.55. The number of nitro benzene ring substituents is 1. The summed E-state index contributed by atoms with van der Waals surface area (Å²) >= 11 is 6.53. The summed E-state index contributed by atoms with van der Waals surface area (Å²) in [6.45, 7) is 4.64. The highest BCUT2D eigenvalue weighted by atomic mass is 35.5. The number of non-ortho nitro benzene ring substituents is 1. The van der Waals surface area contributed by atoms with Crippen LogP contribution in [0.15, 0.2) is 72.3 Å². The van der Waals surface area contributed by atoms with Gasteiger partial charge in [0, 0.05) is 44.0 Å². The van der Waals surface area contributed by atoms with Crippen molar-refractivity contribution in [3.05, 3.63) is 98.6 Å². The van der Waals surface area contributed by atoms with Crippen molar-refractivity contribution in [3.63, 3.8) is 0 Å². The number of piperazine rings is 1. The van der Waals surface area contributed by atoms with Crippen LogP contribution in [0.5, 0.6) is 11.5 Å². The van der Waals surface area contributed by atoms with Gasteiger partial charge in [0.15, 0.2) is 11.5 Å². The van der Waals surface area contributed by atoms with E-state index in [9.17, 15) is 20.2 Å². The van der Waals surface area contributed by atoms with Gasteiger partial charge in [0.1, 0.15) is 18.2 Å². The van der Waals surface area contributed by atoms with E-state index in [2.05, 4.69) is 4.90 Å². The molecule has 200 valence electrons. The molecule has 0 bridgehead atoms. The first kappa shape index (κ1) is 27.5. The van der Waals surface area contributed by atoms with Crippen LogP contribution < -0.4 is 14.4 Å². The first-order chi connectivity index (χ1) is 18.9. The van der Waals surface area contributed by atoms with Crippen molar-refractivity contribution in [2.75, 3.05) is 37.7 Å². The molecule has 0 saturated carbocycles. The van der Waals surface area contributed by atoms with Crippen molar-refractivity contribution in [2.24, 2.45) is 0 Å². The molecule has 0 radical (unpaired) electrons. The average molecular weight is 547 g/mol. The first-order valence-electron chi connectivity index (χ1n) is 12.4. The quantitative estimate of drug-likeness (QED) is 0.151. The number of hydrogen-bond acceptors (Lipinski definition) is 7. The van der Waals surface area contributed by atoms with E-state index in [0.29, 0.717) is 55.4 Å². The maximum atomic E-state index is 13.2. The topological polar surface area (TPSA) is 109 Å². The molecule has 1 aliphatic heterocycles. The van der Waals surface area contributed by atoms with Gasteiger partial charge in [-0.15, -0.1) is 0 Å². The third-order valence-corrected chi connectivity index (χ3v) is 6.49. The predicted molar refractivity (Wildman–Crippen MR) is 149 cm³/mol. The van der Waals surface area contributed by atoms with Crippen molar-refractivity contribution in [1.29, 1.82) is 5.26 Å². The largest absolute Gasteiger partial charge is 0.490 e. The van der Waals surface area contributed by atoms with Crippen LogP contribution in [0.4, 0.5) is 11.4 Å². The number of benzene rings is 3. The molecule has 10 heteroatoms. The average Bonchev–Trinajstić information content (AvgIpc) is 2.96. The normalized spacial score (nSPS) is 13.5. The zero-order valence-electron chi connectivity index (χ0n) is 21.4. The maximum absolute atomic E-state index is 13.2. The third-order valence-electron chi connectivity index (χ3n) is 6.21. The molecule has 1 aliphatic rings. The lowest BCUT2D eigenvalue weighted by molar-refractivity contribution is -0.384. The second-order valence-electron chi connectivity index (χ2n) is 8.76. The van der Waals surface area contributed by atoms with E-state index in [0.717, 1.165) is 5.69 Å². The van der Waals surface area contributed by atoms with Crippen LogP contribution in [-0.4, -0.2) is 48.5 Å². The van der Waals surface area contributed by atoms with Crippen LogP contribution in [-0.2, 0) is 11.4 Å². The van der Waals surface area contributed by atoms with Crippen LogP contribution >= 0.6 is 11.6 Å². The van der Waals surface area contributed by atoms with Crippen molar-refractivity contribution in [3.8, 4) is 17.6 Å². The van der Waals surface area contributed by atoms with E-state index < -0.39 is 4.92 Å². The van der Waals surface area contributed by atoms with Gasteiger partial charge < -0.3 is 19.3 Å². The predicted octanol–water partition coefficient (Wildman–Crippen LogP) is 5.48. The molecule has 1 fully saturated rings. The van der Waals surface area contributed by atoms with Crippen LogP contribution in [0.2, 0.25) is 5.02 Å². The molecule has 3 aromatic carbocycles. The molecule has 0 atom stereocenters. The Morgan fingerprint density at radius 2 is 1.77 bits per heavy atom. The summed E-state index contributed by atoms with van der Waals surface area (Å²) in [5, 5.41) is 20.9. The summed E-state index contributed by atoms with van der Waals surface area (Å²) in [6, 6.07) is 21.3. The van der Waals surface area contributed by atoms with E-state index in [1.165, 1.54) is 18.2 Å². The molecular weight excluding hydrogens is 520 g/mol. The number of hydrogen-bond donors (Lipinski definition) is 0. The number of anilines is 1. The second kappa shape index (κ2) is 12.8. The minimum Gasteiger partial charge on any atom is -0.490 e. The van der Waals surface area contributed by atoms with Gasteiger partial charge in [-0.3, -0.25) is 14.9 Å². The highest BCUT2D eigenvalue weighted by Gasteiger charge is 2.24. The van der Waals surface area contributed by atoms with Crippen LogP contribution in [0.1, 0.15) is 18.1 Å². The fourth-order valence-electron chi connectivity index (χ4n) is 4.23.